The van der Waals surface area contributed by atoms with Crippen molar-refractivity contribution in [1.29, 1.82) is 0 Å². The van der Waals surface area contributed by atoms with E-state index >= 15 is 0 Å². The lowest BCUT2D eigenvalue weighted by atomic mass is 10.1. The number of aryl methyl sites for hydroxylation is 1. The standard InChI is InChI=1S/C21H31N5O/c1-15(2)27-19-12-16(3)10-11-17(19)13-23-21(22-4)24-14-18-8-7-9-20(25-18)26(5)6/h7-12,15H,13-14H2,1-6H3,(H2,22,23,24). The van der Waals surface area contributed by atoms with E-state index in [0.29, 0.717) is 13.1 Å². The van der Waals surface area contributed by atoms with E-state index in [1.54, 1.807) is 7.05 Å². The molecule has 0 aliphatic rings. The van der Waals surface area contributed by atoms with Crippen molar-refractivity contribution in [2.75, 3.05) is 26.0 Å². The van der Waals surface area contributed by atoms with E-state index < -0.39 is 0 Å². The molecule has 0 saturated heterocycles. The van der Waals surface area contributed by atoms with Crippen LogP contribution in [0.3, 0.4) is 0 Å². The summed E-state index contributed by atoms with van der Waals surface area (Å²) < 4.78 is 5.94. The van der Waals surface area contributed by atoms with Gasteiger partial charge in [0, 0.05) is 33.3 Å². The molecule has 2 aromatic rings. The van der Waals surface area contributed by atoms with Crippen LogP contribution in [-0.4, -0.2) is 38.2 Å². The molecule has 0 aliphatic heterocycles. The van der Waals surface area contributed by atoms with E-state index in [1.165, 1.54) is 5.56 Å². The van der Waals surface area contributed by atoms with Crippen LogP contribution in [0.4, 0.5) is 5.82 Å². The quantitative estimate of drug-likeness (QED) is 0.580. The van der Waals surface area contributed by atoms with Gasteiger partial charge in [-0.25, -0.2) is 4.98 Å². The van der Waals surface area contributed by atoms with Gasteiger partial charge in [0.2, 0.25) is 0 Å². The number of anilines is 1. The van der Waals surface area contributed by atoms with E-state index in [4.69, 9.17) is 4.74 Å². The molecule has 0 unspecified atom stereocenters. The van der Waals surface area contributed by atoms with Gasteiger partial charge in [0.1, 0.15) is 11.6 Å². The number of hydrogen-bond donors (Lipinski definition) is 2. The molecule has 6 heteroatoms. The zero-order valence-corrected chi connectivity index (χ0v) is 17.2. The summed E-state index contributed by atoms with van der Waals surface area (Å²) in [6.45, 7) is 7.38. The zero-order valence-electron chi connectivity index (χ0n) is 17.2. The molecule has 2 rings (SSSR count). The molecule has 0 amide bonds. The molecule has 0 saturated carbocycles. The maximum Gasteiger partial charge on any atom is 0.191 e. The van der Waals surface area contributed by atoms with Crippen molar-refractivity contribution in [3.05, 3.63) is 53.2 Å². The minimum atomic E-state index is 0.137. The maximum absolute atomic E-state index is 5.94. The summed E-state index contributed by atoms with van der Waals surface area (Å²) in [6, 6.07) is 12.3. The van der Waals surface area contributed by atoms with Crippen molar-refractivity contribution in [2.24, 2.45) is 4.99 Å². The predicted molar refractivity (Wildman–Crippen MR) is 113 cm³/mol. The Morgan fingerprint density at radius 1 is 1.15 bits per heavy atom. The number of benzene rings is 1. The van der Waals surface area contributed by atoms with Gasteiger partial charge in [-0.05, 0) is 44.5 Å². The fourth-order valence-electron chi connectivity index (χ4n) is 2.56. The molecule has 1 aromatic heterocycles. The first kappa shape index (κ1) is 20.6. The molecule has 0 fully saturated rings. The number of nitrogens with zero attached hydrogens (tertiary/aromatic N) is 3. The van der Waals surface area contributed by atoms with Gasteiger partial charge in [-0.2, -0.15) is 0 Å². The number of hydrogen-bond acceptors (Lipinski definition) is 4. The summed E-state index contributed by atoms with van der Waals surface area (Å²) in [4.78, 5) is 10.9. The molecule has 1 aromatic carbocycles. The average Bonchev–Trinajstić information content (AvgIpc) is 2.63. The second-order valence-corrected chi connectivity index (χ2v) is 6.94. The first-order chi connectivity index (χ1) is 12.9. The van der Waals surface area contributed by atoms with Crippen LogP contribution in [0.15, 0.2) is 41.4 Å². The molecule has 1 heterocycles. The lowest BCUT2D eigenvalue weighted by Gasteiger charge is -2.17. The summed E-state index contributed by atoms with van der Waals surface area (Å²) in [5, 5.41) is 6.66. The fourth-order valence-corrected chi connectivity index (χ4v) is 2.56. The van der Waals surface area contributed by atoms with E-state index in [2.05, 4.69) is 45.7 Å². The van der Waals surface area contributed by atoms with Gasteiger partial charge in [-0.1, -0.05) is 18.2 Å². The molecule has 27 heavy (non-hydrogen) atoms. The minimum absolute atomic E-state index is 0.137. The molecule has 146 valence electrons. The number of ether oxygens (including phenoxy) is 1. The third kappa shape index (κ3) is 6.47. The van der Waals surface area contributed by atoms with Gasteiger partial charge in [-0.3, -0.25) is 4.99 Å². The lowest BCUT2D eigenvalue weighted by molar-refractivity contribution is 0.239. The van der Waals surface area contributed by atoms with Crippen LogP contribution >= 0.6 is 0 Å². The Labute approximate surface area is 162 Å². The molecule has 2 N–H and O–H groups in total. The smallest absolute Gasteiger partial charge is 0.191 e. The van der Waals surface area contributed by atoms with Crippen molar-refractivity contribution in [3.63, 3.8) is 0 Å². The fraction of sp³-hybridized carbons (Fsp3) is 0.429. The topological polar surface area (TPSA) is 61.8 Å². The van der Waals surface area contributed by atoms with Gasteiger partial charge < -0.3 is 20.3 Å². The van der Waals surface area contributed by atoms with Crippen molar-refractivity contribution in [3.8, 4) is 5.75 Å². The Hall–Kier alpha value is -2.76. The number of rotatable bonds is 7. The Morgan fingerprint density at radius 2 is 1.89 bits per heavy atom. The SMILES string of the molecule is CN=C(NCc1cccc(N(C)C)n1)NCc1ccc(C)cc1OC(C)C. The van der Waals surface area contributed by atoms with Crippen LogP contribution in [0, 0.1) is 6.92 Å². The highest BCUT2D eigenvalue weighted by molar-refractivity contribution is 5.79. The Bertz CT molecular complexity index is 771. The van der Waals surface area contributed by atoms with Crippen LogP contribution < -0.4 is 20.3 Å². The normalized spacial score (nSPS) is 11.4. The molecular weight excluding hydrogens is 338 g/mol. The van der Waals surface area contributed by atoms with Crippen LogP contribution in [0.1, 0.15) is 30.7 Å². The van der Waals surface area contributed by atoms with Crippen molar-refractivity contribution < 1.29 is 4.74 Å². The van der Waals surface area contributed by atoms with E-state index in [9.17, 15) is 0 Å². The summed E-state index contributed by atoms with van der Waals surface area (Å²) >= 11 is 0. The largest absolute Gasteiger partial charge is 0.491 e. The Morgan fingerprint density at radius 3 is 2.56 bits per heavy atom. The summed E-state index contributed by atoms with van der Waals surface area (Å²) in [5.41, 5.74) is 3.25. The van der Waals surface area contributed by atoms with Gasteiger partial charge in [0.25, 0.3) is 0 Å². The van der Waals surface area contributed by atoms with Crippen molar-refractivity contribution in [2.45, 2.75) is 40.0 Å². The molecule has 0 bridgehead atoms. The summed E-state index contributed by atoms with van der Waals surface area (Å²) in [6.07, 6.45) is 0.137. The summed E-state index contributed by atoms with van der Waals surface area (Å²) in [7, 11) is 5.73. The van der Waals surface area contributed by atoms with Gasteiger partial charge in [0.15, 0.2) is 5.96 Å². The molecule has 0 atom stereocenters. The lowest BCUT2D eigenvalue weighted by Crippen LogP contribution is -2.36. The van der Waals surface area contributed by atoms with Crippen LogP contribution in [0.5, 0.6) is 5.75 Å². The molecule has 0 aliphatic carbocycles. The average molecular weight is 370 g/mol. The number of aliphatic imine (C=N–C) groups is 1. The molecule has 0 spiro atoms. The van der Waals surface area contributed by atoms with E-state index in [0.717, 1.165) is 28.8 Å². The van der Waals surface area contributed by atoms with Crippen LogP contribution in [0.2, 0.25) is 0 Å². The van der Waals surface area contributed by atoms with Crippen LogP contribution in [-0.2, 0) is 13.1 Å². The highest BCUT2D eigenvalue weighted by atomic mass is 16.5. The molecule has 0 radical (unpaired) electrons. The maximum atomic E-state index is 5.94. The van der Waals surface area contributed by atoms with Crippen molar-refractivity contribution >= 4 is 11.8 Å². The molecule has 6 nitrogen and oxygen atoms in total. The zero-order chi connectivity index (χ0) is 19.8. The highest BCUT2D eigenvalue weighted by Gasteiger charge is 2.08. The number of pyridine rings is 1. The van der Waals surface area contributed by atoms with E-state index in [-0.39, 0.29) is 6.10 Å². The number of aromatic nitrogens is 1. The second-order valence-electron chi connectivity index (χ2n) is 6.94. The third-order valence-corrected chi connectivity index (χ3v) is 3.94. The minimum Gasteiger partial charge on any atom is -0.491 e. The van der Waals surface area contributed by atoms with Gasteiger partial charge in [0.05, 0.1) is 18.3 Å². The predicted octanol–water partition coefficient (Wildman–Crippen LogP) is 3.11. The van der Waals surface area contributed by atoms with Crippen LogP contribution in [0.25, 0.3) is 0 Å². The number of guanidine groups is 1. The number of nitrogens with one attached hydrogen (secondary N) is 2. The van der Waals surface area contributed by atoms with Gasteiger partial charge >= 0.3 is 0 Å². The van der Waals surface area contributed by atoms with Crippen molar-refractivity contribution in [1.82, 2.24) is 15.6 Å². The molecular formula is C21H31N5O. The third-order valence-electron chi connectivity index (χ3n) is 3.94. The Kier molecular flexibility index (Phi) is 7.46. The monoisotopic (exact) mass is 369 g/mol. The van der Waals surface area contributed by atoms with Gasteiger partial charge in [-0.15, -0.1) is 0 Å². The summed E-state index contributed by atoms with van der Waals surface area (Å²) in [5.74, 6) is 2.57. The second kappa shape index (κ2) is 9.80. The highest BCUT2D eigenvalue weighted by Crippen LogP contribution is 2.21. The first-order valence-corrected chi connectivity index (χ1v) is 9.23. The van der Waals surface area contributed by atoms with E-state index in [1.807, 2.05) is 51.0 Å². The first-order valence-electron chi connectivity index (χ1n) is 9.23. The Balaban J connectivity index is 1.97.